The summed E-state index contributed by atoms with van der Waals surface area (Å²) in [7, 11) is 0. The Labute approximate surface area is 73.7 Å². The normalized spacial score (nSPS) is 10.0. The van der Waals surface area contributed by atoms with Crippen molar-refractivity contribution in [3.05, 3.63) is 22.1 Å². The van der Waals surface area contributed by atoms with Crippen molar-refractivity contribution in [3.8, 4) is 0 Å². The van der Waals surface area contributed by atoms with Crippen LogP contribution in [0.1, 0.15) is 17.7 Å². The SMILES string of the molecule is Cc1cc(Br)oc1CCC=O. The van der Waals surface area contributed by atoms with Gasteiger partial charge < -0.3 is 9.21 Å². The molecular weight excluding hydrogens is 208 g/mol. The summed E-state index contributed by atoms with van der Waals surface area (Å²) in [4.78, 5) is 10.0. The minimum atomic E-state index is 0.529. The number of aryl methyl sites for hydroxylation is 2. The zero-order chi connectivity index (χ0) is 8.27. The van der Waals surface area contributed by atoms with Gasteiger partial charge in [0.05, 0.1) is 0 Å². The lowest BCUT2D eigenvalue weighted by atomic mass is 10.2. The largest absolute Gasteiger partial charge is 0.454 e. The number of carbonyl (C=O) groups excluding carboxylic acids is 1. The molecule has 0 aliphatic heterocycles. The highest BCUT2D eigenvalue weighted by Gasteiger charge is 2.03. The topological polar surface area (TPSA) is 30.2 Å². The van der Waals surface area contributed by atoms with Crippen LogP contribution in [-0.2, 0) is 11.2 Å². The van der Waals surface area contributed by atoms with E-state index in [0.29, 0.717) is 12.8 Å². The maximum Gasteiger partial charge on any atom is 0.169 e. The first-order valence-electron chi connectivity index (χ1n) is 3.42. The highest BCUT2D eigenvalue weighted by molar-refractivity contribution is 9.10. The van der Waals surface area contributed by atoms with Gasteiger partial charge in [0.1, 0.15) is 12.0 Å². The maximum atomic E-state index is 10.0. The van der Waals surface area contributed by atoms with Crippen LogP contribution in [0.15, 0.2) is 15.2 Å². The minimum Gasteiger partial charge on any atom is -0.454 e. The molecule has 0 radical (unpaired) electrons. The molecule has 1 heterocycles. The van der Waals surface area contributed by atoms with E-state index in [-0.39, 0.29) is 0 Å². The fraction of sp³-hybridized carbons (Fsp3) is 0.375. The van der Waals surface area contributed by atoms with Gasteiger partial charge in [-0.3, -0.25) is 0 Å². The van der Waals surface area contributed by atoms with Crippen molar-refractivity contribution in [2.24, 2.45) is 0 Å². The minimum absolute atomic E-state index is 0.529. The van der Waals surface area contributed by atoms with Crippen LogP contribution in [0, 0.1) is 6.92 Å². The van der Waals surface area contributed by atoms with E-state index >= 15 is 0 Å². The highest BCUT2D eigenvalue weighted by atomic mass is 79.9. The van der Waals surface area contributed by atoms with Gasteiger partial charge in [0.25, 0.3) is 0 Å². The molecule has 0 bridgehead atoms. The summed E-state index contributed by atoms with van der Waals surface area (Å²) in [6.45, 7) is 1.97. The molecule has 60 valence electrons. The number of aldehydes is 1. The van der Waals surface area contributed by atoms with Crippen LogP contribution >= 0.6 is 15.9 Å². The van der Waals surface area contributed by atoms with Crippen molar-refractivity contribution in [2.45, 2.75) is 19.8 Å². The van der Waals surface area contributed by atoms with Gasteiger partial charge in [-0.05, 0) is 34.5 Å². The van der Waals surface area contributed by atoms with Gasteiger partial charge in [-0.2, -0.15) is 0 Å². The zero-order valence-corrected chi connectivity index (χ0v) is 7.85. The number of hydrogen-bond donors (Lipinski definition) is 0. The van der Waals surface area contributed by atoms with Crippen LogP contribution in [-0.4, -0.2) is 6.29 Å². The average molecular weight is 217 g/mol. The van der Waals surface area contributed by atoms with Gasteiger partial charge in [-0.1, -0.05) is 0 Å². The van der Waals surface area contributed by atoms with Crippen LogP contribution in [0.25, 0.3) is 0 Å². The standard InChI is InChI=1S/C8H9BrO2/c1-6-5-8(9)11-7(6)3-2-4-10/h4-5H,2-3H2,1H3. The first-order chi connectivity index (χ1) is 5.24. The van der Waals surface area contributed by atoms with Crippen molar-refractivity contribution in [1.82, 2.24) is 0 Å². The van der Waals surface area contributed by atoms with Gasteiger partial charge in [0.2, 0.25) is 0 Å². The predicted molar refractivity (Wildman–Crippen MR) is 45.5 cm³/mol. The second kappa shape index (κ2) is 3.72. The summed E-state index contributed by atoms with van der Waals surface area (Å²) >= 11 is 3.22. The third-order valence-electron chi connectivity index (χ3n) is 1.48. The third-order valence-corrected chi connectivity index (χ3v) is 1.87. The Morgan fingerprint density at radius 3 is 2.91 bits per heavy atom. The molecule has 0 aliphatic carbocycles. The molecule has 0 spiro atoms. The molecule has 1 aromatic rings. The van der Waals surface area contributed by atoms with Crippen molar-refractivity contribution >= 4 is 22.2 Å². The summed E-state index contributed by atoms with van der Waals surface area (Å²) < 4.78 is 6.01. The molecule has 0 aliphatic rings. The van der Waals surface area contributed by atoms with Crippen molar-refractivity contribution < 1.29 is 9.21 Å². The highest BCUT2D eigenvalue weighted by Crippen LogP contribution is 2.20. The molecule has 1 rings (SSSR count). The first-order valence-corrected chi connectivity index (χ1v) is 4.22. The van der Waals surface area contributed by atoms with Gasteiger partial charge in [0, 0.05) is 12.8 Å². The molecule has 0 saturated heterocycles. The second-order valence-corrected chi connectivity index (χ2v) is 3.14. The Bertz CT molecular complexity index is 253. The fourth-order valence-electron chi connectivity index (χ4n) is 0.917. The smallest absolute Gasteiger partial charge is 0.169 e. The molecule has 11 heavy (non-hydrogen) atoms. The molecule has 1 aromatic heterocycles. The number of furan rings is 1. The number of rotatable bonds is 3. The Morgan fingerprint density at radius 2 is 2.45 bits per heavy atom. The maximum absolute atomic E-state index is 10.0. The Kier molecular flexibility index (Phi) is 2.88. The molecule has 0 atom stereocenters. The predicted octanol–water partition coefficient (Wildman–Crippen LogP) is 2.48. The lowest BCUT2D eigenvalue weighted by Crippen LogP contribution is -1.84. The van der Waals surface area contributed by atoms with Gasteiger partial charge in [-0.25, -0.2) is 0 Å². The van der Waals surface area contributed by atoms with Gasteiger partial charge in [-0.15, -0.1) is 0 Å². The number of carbonyl (C=O) groups is 1. The molecule has 0 unspecified atom stereocenters. The molecule has 2 nitrogen and oxygen atoms in total. The van der Waals surface area contributed by atoms with Crippen LogP contribution in [0.2, 0.25) is 0 Å². The van der Waals surface area contributed by atoms with Gasteiger partial charge >= 0.3 is 0 Å². The van der Waals surface area contributed by atoms with E-state index in [0.717, 1.165) is 22.3 Å². The summed E-state index contributed by atoms with van der Waals surface area (Å²) in [5.74, 6) is 0.893. The molecule has 0 aromatic carbocycles. The van der Waals surface area contributed by atoms with Crippen molar-refractivity contribution in [1.29, 1.82) is 0 Å². The van der Waals surface area contributed by atoms with E-state index in [2.05, 4.69) is 15.9 Å². The summed E-state index contributed by atoms with van der Waals surface area (Å²) in [5, 5.41) is 0. The molecular formula is C8H9BrO2. The number of hydrogen-bond acceptors (Lipinski definition) is 2. The summed E-state index contributed by atoms with van der Waals surface area (Å²) in [5.41, 5.74) is 1.10. The molecule has 0 N–H and O–H groups in total. The van der Waals surface area contributed by atoms with Crippen molar-refractivity contribution in [3.63, 3.8) is 0 Å². The van der Waals surface area contributed by atoms with Crippen LogP contribution in [0.3, 0.4) is 0 Å². The molecule has 0 saturated carbocycles. The van der Waals surface area contributed by atoms with E-state index in [9.17, 15) is 4.79 Å². The Balaban J connectivity index is 2.69. The fourth-order valence-corrected chi connectivity index (χ4v) is 1.46. The average Bonchev–Trinajstić information content (AvgIpc) is 2.26. The molecule has 0 amide bonds. The van der Waals surface area contributed by atoms with Gasteiger partial charge in [0.15, 0.2) is 4.67 Å². The van der Waals surface area contributed by atoms with Crippen LogP contribution in [0.5, 0.6) is 0 Å². The quantitative estimate of drug-likeness (QED) is 0.728. The third kappa shape index (κ3) is 2.19. The monoisotopic (exact) mass is 216 g/mol. The van der Waals surface area contributed by atoms with Crippen LogP contribution < -0.4 is 0 Å². The van der Waals surface area contributed by atoms with E-state index in [1.165, 1.54) is 0 Å². The van der Waals surface area contributed by atoms with E-state index < -0.39 is 0 Å². The van der Waals surface area contributed by atoms with E-state index in [1.807, 2.05) is 13.0 Å². The lowest BCUT2D eigenvalue weighted by molar-refractivity contribution is -0.107. The van der Waals surface area contributed by atoms with E-state index in [4.69, 9.17) is 4.42 Å². The number of halogens is 1. The Hall–Kier alpha value is -0.570. The second-order valence-electron chi connectivity index (χ2n) is 2.36. The van der Waals surface area contributed by atoms with Crippen LogP contribution in [0.4, 0.5) is 0 Å². The zero-order valence-electron chi connectivity index (χ0n) is 6.26. The van der Waals surface area contributed by atoms with E-state index in [1.54, 1.807) is 0 Å². The lowest BCUT2D eigenvalue weighted by Gasteiger charge is -1.91. The van der Waals surface area contributed by atoms with Crippen molar-refractivity contribution in [2.75, 3.05) is 0 Å². The summed E-state index contributed by atoms with van der Waals surface area (Å²) in [6.07, 6.45) is 2.12. The summed E-state index contributed by atoms with van der Waals surface area (Å²) in [6, 6.07) is 1.90. The molecule has 0 fully saturated rings. The molecule has 3 heteroatoms. The Morgan fingerprint density at radius 1 is 1.73 bits per heavy atom. The first kappa shape index (κ1) is 8.53.